The van der Waals surface area contributed by atoms with E-state index in [0.29, 0.717) is 0 Å². The number of rotatable bonds is 1. The van der Waals surface area contributed by atoms with Crippen LogP contribution in [0.3, 0.4) is 0 Å². The zero-order valence-electron chi connectivity index (χ0n) is 22.0. The summed E-state index contributed by atoms with van der Waals surface area (Å²) in [6.45, 7) is 0. The molecule has 0 fully saturated rings. The molecule has 0 unspecified atom stereocenters. The number of H-pyrrole nitrogens is 1. The number of aromatic amines is 1. The molecular formula is C37H22N4. The normalized spacial score (nSPS) is 12.4. The van der Waals surface area contributed by atoms with Crippen molar-refractivity contribution >= 4 is 82.0 Å². The molecule has 0 amide bonds. The number of aromatic nitrogens is 4. The highest BCUT2D eigenvalue weighted by Gasteiger charge is 2.20. The molecule has 0 aliphatic heterocycles. The van der Waals surface area contributed by atoms with Crippen molar-refractivity contribution in [1.82, 2.24) is 18.9 Å². The first-order valence-corrected chi connectivity index (χ1v) is 14.0. The van der Waals surface area contributed by atoms with E-state index >= 15 is 0 Å². The van der Waals surface area contributed by atoms with Gasteiger partial charge in [-0.25, -0.2) is 4.98 Å². The first-order chi connectivity index (χ1) is 20.3. The summed E-state index contributed by atoms with van der Waals surface area (Å²) in [6.07, 6.45) is 0. The van der Waals surface area contributed by atoms with Crippen LogP contribution in [0.1, 0.15) is 0 Å². The SMILES string of the molecule is c1ccc(-n2c3ccccc3c3cc4c(cc32)c2nc3ccccc3n2c2ccc3[nH]c5ccccc5c3c42)cc1. The van der Waals surface area contributed by atoms with Crippen molar-refractivity contribution < 1.29 is 0 Å². The lowest BCUT2D eigenvalue weighted by atomic mass is 9.98. The van der Waals surface area contributed by atoms with Crippen LogP contribution in [-0.4, -0.2) is 18.9 Å². The lowest BCUT2D eigenvalue weighted by Crippen LogP contribution is -1.95. The second kappa shape index (κ2) is 7.52. The second-order valence-electron chi connectivity index (χ2n) is 10.9. The number of nitrogens with one attached hydrogen (secondary N) is 1. The second-order valence-corrected chi connectivity index (χ2v) is 10.9. The summed E-state index contributed by atoms with van der Waals surface area (Å²) in [4.78, 5) is 8.91. The lowest BCUT2D eigenvalue weighted by Gasteiger charge is -2.12. The van der Waals surface area contributed by atoms with E-state index in [2.05, 4.69) is 141 Å². The van der Waals surface area contributed by atoms with E-state index in [0.717, 1.165) is 38.8 Å². The molecule has 0 radical (unpaired) electrons. The number of para-hydroxylation sites is 5. The van der Waals surface area contributed by atoms with E-state index in [1.54, 1.807) is 0 Å². The van der Waals surface area contributed by atoms with E-state index in [4.69, 9.17) is 4.98 Å². The molecule has 6 aromatic carbocycles. The maximum atomic E-state index is 5.23. The minimum absolute atomic E-state index is 0.986. The monoisotopic (exact) mass is 522 g/mol. The van der Waals surface area contributed by atoms with E-state index < -0.39 is 0 Å². The number of imidazole rings is 1. The summed E-state index contributed by atoms with van der Waals surface area (Å²) in [5.74, 6) is 0. The van der Waals surface area contributed by atoms with Gasteiger partial charge >= 0.3 is 0 Å². The minimum atomic E-state index is 0.986. The van der Waals surface area contributed by atoms with Crippen molar-refractivity contribution in [2.75, 3.05) is 0 Å². The van der Waals surface area contributed by atoms with E-state index in [9.17, 15) is 0 Å². The average molecular weight is 523 g/mol. The number of hydrogen-bond acceptors (Lipinski definition) is 1. The summed E-state index contributed by atoms with van der Waals surface area (Å²) in [5.41, 5.74) is 10.1. The van der Waals surface area contributed by atoms with Crippen LogP contribution in [0.15, 0.2) is 127 Å². The Kier molecular flexibility index (Phi) is 3.90. The van der Waals surface area contributed by atoms with Crippen LogP contribution in [0.2, 0.25) is 0 Å². The number of fused-ring (bicyclic) bond motifs is 15. The Labute approximate surface area is 233 Å². The third-order valence-corrected chi connectivity index (χ3v) is 8.79. The maximum absolute atomic E-state index is 5.23. The van der Waals surface area contributed by atoms with Crippen LogP contribution in [0, 0.1) is 0 Å². The fourth-order valence-electron chi connectivity index (χ4n) is 7.10. The Balaban J connectivity index is 1.54. The number of benzene rings is 6. The molecule has 4 aromatic heterocycles. The Morgan fingerprint density at radius 1 is 0.463 bits per heavy atom. The van der Waals surface area contributed by atoms with Gasteiger partial charge in [-0.3, -0.25) is 4.40 Å². The summed E-state index contributed by atoms with van der Waals surface area (Å²) < 4.78 is 4.75. The van der Waals surface area contributed by atoms with Gasteiger partial charge in [0.1, 0.15) is 5.65 Å². The molecule has 41 heavy (non-hydrogen) atoms. The first kappa shape index (κ1) is 21.2. The number of nitrogens with zero attached hydrogens (tertiary/aromatic N) is 3. The van der Waals surface area contributed by atoms with E-state index in [-0.39, 0.29) is 0 Å². The molecule has 1 N–H and O–H groups in total. The molecule has 0 aliphatic rings. The van der Waals surface area contributed by atoms with E-state index in [1.807, 2.05) is 0 Å². The third-order valence-electron chi connectivity index (χ3n) is 8.79. The smallest absolute Gasteiger partial charge is 0.146 e. The van der Waals surface area contributed by atoms with Crippen LogP contribution < -0.4 is 0 Å². The Morgan fingerprint density at radius 2 is 1.22 bits per heavy atom. The van der Waals surface area contributed by atoms with Gasteiger partial charge in [0.05, 0.1) is 27.6 Å². The molecule has 0 atom stereocenters. The fraction of sp³-hybridized carbons (Fsp3) is 0. The largest absolute Gasteiger partial charge is 0.354 e. The molecule has 10 rings (SSSR count). The van der Waals surface area contributed by atoms with Crippen molar-refractivity contribution in [2.45, 2.75) is 0 Å². The molecule has 0 aliphatic carbocycles. The topological polar surface area (TPSA) is 38.0 Å². The average Bonchev–Trinajstić information content (AvgIpc) is 3.70. The summed E-state index contributed by atoms with van der Waals surface area (Å²) >= 11 is 0. The van der Waals surface area contributed by atoms with Gasteiger partial charge < -0.3 is 9.55 Å². The highest BCUT2D eigenvalue weighted by Crippen LogP contribution is 2.42. The molecule has 4 nitrogen and oxygen atoms in total. The molecule has 0 bridgehead atoms. The molecule has 0 saturated carbocycles. The van der Waals surface area contributed by atoms with Crippen LogP contribution in [-0.2, 0) is 0 Å². The maximum Gasteiger partial charge on any atom is 0.146 e. The van der Waals surface area contributed by atoms with E-state index in [1.165, 1.54) is 48.9 Å². The predicted octanol–water partition coefficient (Wildman–Crippen LogP) is 9.53. The van der Waals surface area contributed by atoms with Gasteiger partial charge in [-0.1, -0.05) is 66.7 Å². The van der Waals surface area contributed by atoms with Crippen molar-refractivity contribution in [3.05, 3.63) is 127 Å². The van der Waals surface area contributed by atoms with Crippen molar-refractivity contribution in [2.24, 2.45) is 0 Å². The predicted molar refractivity (Wildman–Crippen MR) is 171 cm³/mol. The molecule has 10 aromatic rings. The Bertz CT molecular complexity index is 2690. The lowest BCUT2D eigenvalue weighted by molar-refractivity contribution is 1.18. The molecule has 0 spiro atoms. The molecular weight excluding hydrogens is 500 g/mol. The van der Waals surface area contributed by atoms with Crippen molar-refractivity contribution in [1.29, 1.82) is 0 Å². The standard InChI is InChI=1S/C37H22N4/c1-2-10-22(11-3-1)40-31-16-8-5-12-23(31)25-20-26-27(21-34(25)40)37-39-29-15-7-9-17-32(29)41(37)33-19-18-30-35(36(26)33)24-13-4-6-14-28(24)38-30/h1-21,38H. The van der Waals surface area contributed by atoms with Gasteiger partial charge in [-0.15, -0.1) is 0 Å². The van der Waals surface area contributed by atoms with Crippen LogP contribution >= 0.6 is 0 Å². The molecule has 190 valence electrons. The van der Waals surface area contributed by atoms with Gasteiger partial charge in [-0.2, -0.15) is 0 Å². The number of hydrogen-bond donors (Lipinski definition) is 1. The van der Waals surface area contributed by atoms with Gasteiger partial charge in [-0.05, 0) is 66.0 Å². The molecule has 4 heteroatoms. The fourth-order valence-corrected chi connectivity index (χ4v) is 7.10. The zero-order valence-corrected chi connectivity index (χ0v) is 22.0. The van der Waals surface area contributed by atoms with Crippen LogP contribution in [0.25, 0.3) is 87.7 Å². The molecule has 4 heterocycles. The highest BCUT2D eigenvalue weighted by molar-refractivity contribution is 6.31. The van der Waals surface area contributed by atoms with Gasteiger partial charge in [0, 0.05) is 49.0 Å². The third kappa shape index (κ3) is 2.66. The van der Waals surface area contributed by atoms with Gasteiger partial charge in [0.2, 0.25) is 0 Å². The zero-order chi connectivity index (χ0) is 26.7. The van der Waals surface area contributed by atoms with Gasteiger partial charge in [0.15, 0.2) is 0 Å². The number of pyridine rings is 1. The van der Waals surface area contributed by atoms with Crippen molar-refractivity contribution in [3.8, 4) is 5.69 Å². The summed E-state index contributed by atoms with van der Waals surface area (Å²) in [6, 6.07) is 45.8. The van der Waals surface area contributed by atoms with Crippen LogP contribution in [0.4, 0.5) is 0 Å². The highest BCUT2D eigenvalue weighted by atomic mass is 15.0. The first-order valence-electron chi connectivity index (χ1n) is 14.0. The van der Waals surface area contributed by atoms with Gasteiger partial charge in [0.25, 0.3) is 0 Å². The quantitative estimate of drug-likeness (QED) is 0.214. The minimum Gasteiger partial charge on any atom is -0.354 e. The summed E-state index contributed by atoms with van der Waals surface area (Å²) in [7, 11) is 0. The van der Waals surface area contributed by atoms with Crippen LogP contribution in [0.5, 0.6) is 0 Å². The molecule has 0 saturated heterocycles. The van der Waals surface area contributed by atoms with Crippen molar-refractivity contribution in [3.63, 3.8) is 0 Å². The summed E-state index contributed by atoms with van der Waals surface area (Å²) in [5, 5.41) is 8.62. The Hall–Kier alpha value is -5.61. The Morgan fingerprint density at radius 3 is 2.12 bits per heavy atom.